The first-order valence-corrected chi connectivity index (χ1v) is 7.59. The topological polar surface area (TPSA) is 41.6 Å². The van der Waals surface area contributed by atoms with Crippen molar-refractivity contribution in [1.82, 2.24) is 10.4 Å². The largest absolute Gasteiger partial charge is 0.494 e. The molecule has 0 fully saturated rings. The van der Waals surface area contributed by atoms with Crippen LogP contribution < -0.4 is 10.2 Å². The third-order valence-electron chi connectivity index (χ3n) is 3.85. The van der Waals surface area contributed by atoms with Crippen LogP contribution in [0.1, 0.15) is 33.3 Å². The van der Waals surface area contributed by atoms with Crippen molar-refractivity contribution in [2.75, 3.05) is 6.61 Å². The van der Waals surface area contributed by atoms with Crippen molar-refractivity contribution in [1.29, 1.82) is 0 Å². The number of aldehydes is 1. The Hall–Kier alpha value is -1.88. The number of rotatable bonds is 6. The van der Waals surface area contributed by atoms with Crippen LogP contribution in [0.2, 0.25) is 0 Å². The van der Waals surface area contributed by atoms with Crippen molar-refractivity contribution < 1.29 is 13.9 Å². The van der Waals surface area contributed by atoms with Crippen LogP contribution in [0.25, 0.3) is 0 Å². The molecule has 1 aromatic rings. The average molecular weight is 306 g/mol. The Morgan fingerprint density at radius 1 is 1.45 bits per heavy atom. The van der Waals surface area contributed by atoms with Gasteiger partial charge in [0.25, 0.3) is 0 Å². The third kappa shape index (κ3) is 3.30. The molecular formula is C17H23FN2O2. The molecule has 1 aliphatic heterocycles. The van der Waals surface area contributed by atoms with E-state index >= 15 is 0 Å². The number of allylic oxidation sites excluding steroid dienone is 1. The third-order valence-corrected chi connectivity index (χ3v) is 3.85. The second kappa shape index (κ2) is 6.92. The maximum absolute atomic E-state index is 14.2. The lowest BCUT2D eigenvalue weighted by molar-refractivity contribution is -0.109. The highest BCUT2D eigenvalue weighted by Crippen LogP contribution is 2.27. The van der Waals surface area contributed by atoms with E-state index in [0.29, 0.717) is 24.3 Å². The van der Waals surface area contributed by atoms with E-state index in [1.165, 1.54) is 6.07 Å². The maximum atomic E-state index is 14.2. The molecule has 5 heteroatoms. The molecule has 0 aromatic heterocycles. The van der Waals surface area contributed by atoms with Gasteiger partial charge in [0.05, 0.1) is 6.61 Å². The van der Waals surface area contributed by atoms with Crippen molar-refractivity contribution in [3.63, 3.8) is 0 Å². The molecule has 4 nitrogen and oxygen atoms in total. The van der Waals surface area contributed by atoms with Gasteiger partial charge in [-0.3, -0.25) is 0 Å². The number of benzene rings is 1. The molecule has 1 heterocycles. The molecule has 22 heavy (non-hydrogen) atoms. The summed E-state index contributed by atoms with van der Waals surface area (Å²) < 4.78 is 19.5. The van der Waals surface area contributed by atoms with Crippen LogP contribution in [-0.2, 0) is 11.2 Å². The molecule has 1 atom stereocenters. The van der Waals surface area contributed by atoms with Gasteiger partial charge in [-0.15, -0.1) is 0 Å². The van der Waals surface area contributed by atoms with E-state index in [1.807, 2.05) is 32.7 Å². The summed E-state index contributed by atoms with van der Waals surface area (Å²) in [6.07, 6.45) is 1.28. The molecule has 0 saturated heterocycles. The Balaban J connectivity index is 2.26. The molecule has 120 valence electrons. The molecule has 1 unspecified atom stereocenters. The molecule has 1 N–H and O–H groups in total. The number of hydrogen-bond acceptors (Lipinski definition) is 4. The molecule has 1 aromatic carbocycles. The number of nitrogens with one attached hydrogen (secondary N) is 1. The molecule has 1 aliphatic rings. The van der Waals surface area contributed by atoms with Crippen molar-refractivity contribution in [2.24, 2.45) is 0 Å². The highest BCUT2D eigenvalue weighted by molar-refractivity contribution is 5.65. The van der Waals surface area contributed by atoms with Gasteiger partial charge in [0.2, 0.25) is 0 Å². The van der Waals surface area contributed by atoms with Crippen molar-refractivity contribution in [2.45, 2.75) is 46.2 Å². The molecule has 0 radical (unpaired) electrons. The summed E-state index contributed by atoms with van der Waals surface area (Å²) in [4.78, 5) is 11.3. The van der Waals surface area contributed by atoms with E-state index in [4.69, 9.17) is 4.74 Å². The highest BCUT2D eigenvalue weighted by Gasteiger charge is 2.30. The fourth-order valence-electron chi connectivity index (χ4n) is 2.72. The molecule has 2 rings (SSSR count). The van der Waals surface area contributed by atoms with E-state index in [2.05, 4.69) is 5.43 Å². The molecule has 0 saturated carbocycles. The highest BCUT2D eigenvalue weighted by atomic mass is 19.1. The lowest BCUT2D eigenvalue weighted by Crippen LogP contribution is -2.42. The zero-order valence-electron chi connectivity index (χ0n) is 13.5. The summed E-state index contributed by atoms with van der Waals surface area (Å²) in [5.74, 6) is 0.216. The zero-order chi connectivity index (χ0) is 16.3. The van der Waals surface area contributed by atoms with Gasteiger partial charge in [0.15, 0.2) is 0 Å². The second-order valence-electron chi connectivity index (χ2n) is 5.68. The Bertz CT molecular complexity index is 584. The van der Waals surface area contributed by atoms with E-state index < -0.39 is 6.04 Å². The lowest BCUT2D eigenvalue weighted by atomic mass is 9.98. The minimum absolute atomic E-state index is 0.227. The van der Waals surface area contributed by atoms with Crippen molar-refractivity contribution in [3.8, 4) is 5.75 Å². The van der Waals surface area contributed by atoms with Gasteiger partial charge in [-0.05, 0) is 44.9 Å². The predicted octanol–water partition coefficient (Wildman–Crippen LogP) is 2.84. The van der Waals surface area contributed by atoms with Gasteiger partial charge in [-0.25, -0.2) is 9.82 Å². The molecule has 0 spiro atoms. The standard InChI is InChI=1S/C17H23FN2O2/c1-5-22-14-7-6-13(16(18)9-14)8-15-12(4)20(11(2)3)19-17(15)10-21/h6-7,9-11,17,19H,5,8H2,1-4H3. The molecular weight excluding hydrogens is 283 g/mol. The first-order valence-electron chi connectivity index (χ1n) is 7.59. The number of carbonyl (C=O) groups is 1. The average Bonchev–Trinajstić information content (AvgIpc) is 2.79. The summed E-state index contributed by atoms with van der Waals surface area (Å²) in [5.41, 5.74) is 5.62. The number of hydrogen-bond donors (Lipinski definition) is 1. The van der Waals surface area contributed by atoms with Gasteiger partial charge in [0, 0.05) is 24.2 Å². The number of carbonyl (C=O) groups excluding carboxylic acids is 1. The first-order chi connectivity index (χ1) is 10.5. The Labute approximate surface area is 130 Å². The van der Waals surface area contributed by atoms with Crippen LogP contribution in [0.3, 0.4) is 0 Å². The maximum Gasteiger partial charge on any atom is 0.142 e. The number of halogens is 1. The van der Waals surface area contributed by atoms with Crippen molar-refractivity contribution in [3.05, 3.63) is 40.8 Å². The minimum atomic E-state index is -0.395. The predicted molar refractivity (Wildman–Crippen MR) is 83.9 cm³/mol. The summed E-state index contributed by atoms with van der Waals surface area (Å²) in [6.45, 7) is 8.40. The van der Waals surface area contributed by atoms with E-state index in [9.17, 15) is 9.18 Å². The summed E-state index contributed by atoms with van der Waals surface area (Å²) in [6, 6.07) is 4.71. The van der Waals surface area contributed by atoms with Crippen LogP contribution in [0.15, 0.2) is 29.5 Å². The smallest absolute Gasteiger partial charge is 0.142 e. The Morgan fingerprint density at radius 3 is 2.73 bits per heavy atom. The summed E-state index contributed by atoms with van der Waals surface area (Å²) in [5, 5.41) is 1.96. The summed E-state index contributed by atoms with van der Waals surface area (Å²) in [7, 11) is 0. The normalized spacial score (nSPS) is 18.3. The first kappa shape index (κ1) is 16.5. The quantitative estimate of drug-likeness (QED) is 0.821. The Kier molecular flexibility index (Phi) is 5.19. The van der Waals surface area contributed by atoms with Gasteiger partial charge >= 0.3 is 0 Å². The fourth-order valence-corrected chi connectivity index (χ4v) is 2.72. The van der Waals surface area contributed by atoms with Gasteiger partial charge < -0.3 is 14.5 Å². The van der Waals surface area contributed by atoms with E-state index in [1.54, 1.807) is 12.1 Å². The van der Waals surface area contributed by atoms with Gasteiger partial charge in [0.1, 0.15) is 23.9 Å². The van der Waals surface area contributed by atoms with Crippen LogP contribution in [0, 0.1) is 5.82 Å². The zero-order valence-corrected chi connectivity index (χ0v) is 13.5. The van der Waals surface area contributed by atoms with Crippen LogP contribution >= 0.6 is 0 Å². The van der Waals surface area contributed by atoms with E-state index in [-0.39, 0.29) is 11.9 Å². The van der Waals surface area contributed by atoms with Crippen LogP contribution in [0.4, 0.5) is 4.39 Å². The Morgan fingerprint density at radius 2 is 2.18 bits per heavy atom. The number of nitrogens with zero attached hydrogens (tertiary/aromatic N) is 1. The van der Waals surface area contributed by atoms with E-state index in [0.717, 1.165) is 17.6 Å². The lowest BCUT2D eigenvalue weighted by Gasteiger charge is -2.25. The molecule has 0 amide bonds. The van der Waals surface area contributed by atoms with Crippen LogP contribution in [0.5, 0.6) is 5.75 Å². The molecule has 0 bridgehead atoms. The van der Waals surface area contributed by atoms with Gasteiger partial charge in [-0.1, -0.05) is 6.07 Å². The summed E-state index contributed by atoms with van der Waals surface area (Å²) >= 11 is 0. The van der Waals surface area contributed by atoms with Gasteiger partial charge in [-0.2, -0.15) is 0 Å². The fraction of sp³-hybridized carbons (Fsp3) is 0.471. The monoisotopic (exact) mass is 306 g/mol. The number of hydrazine groups is 1. The SMILES string of the molecule is CCOc1ccc(CC2=C(C)N(C(C)C)NC2C=O)c(F)c1. The minimum Gasteiger partial charge on any atom is -0.494 e. The van der Waals surface area contributed by atoms with Crippen molar-refractivity contribution >= 4 is 6.29 Å². The number of ether oxygens (including phenoxy) is 1. The second-order valence-corrected chi connectivity index (χ2v) is 5.68. The van der Waals surface area contributed by atoms with Crippen LogP contribution in [-0.4, -0.2) is 30.0 Å². The molecule has 0 aliphatic carbocycles.